The highest BCUT2D eigenvalue weighted by Crippen LogP contribution is 2.24. The van der Waals surface area contributed by atoms with Crippen molar-refractivity contribution < 1.29 is 14.3 Å². The average Bonchev–Trinajstić information content (AvgIpc) is 3.43. The largest absolute Gasteiger partial charge is 0.493 e. The molecule has 0 radical (unpaired) electrons. The van der Waals surface area contributed by atoms with Crippen molar-refractivity contribution in [2.75, 3.05) is 19.7 Å². The van der Waals surface area contributed by atoms with Crippen molar-refractivity contribution in [3.8, 4) is 5.75 Å². The van der Waals surface area contributed by atoms with Gasteiger partial charge in [0.15, 0.2) is 0 Å². The summed E-state index contributed by atoms with van der Waals surface area (Å²) in [4.78, 5) is 28.6. The van der Waals surface area contributed by atoms with E-state index in [1.165, 1.54) is 0 Å². The summed E-state index contributed by atoms with van der Waals surface area (Å²) in [5.74, 6) is 1.21. The number of benzene rings is 1. The molecule has 1 atom stereocenters. The lowest BCUT2D eigenvalue weighted by atomic mass is 9.99. The molecule has 0 spiro atoms. The standard InChI is InChI=1S/C22H26N2O3S/c1-15-4-11-20(28-15)22(26)24-12-2-3-16(13-24)14-27-19-9-5-17(6-10-19)21(25)23-18-7-8-18/h4-6,9-11,16,18H,2-3,7-8,12-14H2,1H3,(H,23,25). The zero-order chi connectivity index (χ0) is 19.5. The molecule has 1 aromatic heterocycles. The smallest absolute Gasteiger partial charge is 0.263 e. The van der Waals surface area contributed by atoms with Crippen LogP contribution in [0.1, 0.15) is 50.6 Å². The van der Waals surface area contributed by atoms with Crippen LogP contribution in [0.2, 0.25) is 0 Å². The van der Waals surface area contributed by atoms with E-state index in [9.17, 15) is 9.59 Å². The Balaban J connectivity index is 1.28. The predicted molar refractivity (Wildman–Crippen MR) is 110 cm³/mol. The zero-order valence-electron chi connectivity index (χ0n) is 16.1. The molecular formula is C22H26N2O3S. The van der Waals surface area contributed by atoms with Crippen LogP contribution in [0, 0.1) is 12.8 Å². The second kappa shape index (κ2) is 8.35. The number of rotatable bonds is 6. The normalized spacial score (nSPS) is 19.3. The van der Waals surface area contributed by atoms with Crippen LogP contribution < -0.4 is 10.1 Å². The Morgan fingerprint density at radius 2 is 1.93 bits per heavy atom. The molecule has 148 valence electrons. The highest BCUT2D eigenvalue weighted by molar-refractivity contribution is 7.13. The monoisotopic (exact) mass is 398 g/mol. The lowest BCUT2D eigenvalue weighted by Gasteiger charge is -2.32. The second-order valence-corrected chi connectivity index (χ2v) is 9.04. The van der Waals surface area contributed by atoms with Crippen LogP contribution in [0.4, 0.5) is 0 Å². The van der Waals surface area contributed by atoms with E-state index in [-0.39, 0.29) is 11.8 Å². The number of thiophene rings is 1. The van der Waals surface area contributed by atoms with E-state index in [1.807, 2.05) is 48.2 Å². The first-order valence-corrected chi connectivity index (χ1v) is 10.8. The number of hydrogen-bond donors (Lipinski definition) is 1. The molecule has 2 aliphatic rings. The molecule has 0 bridgehead atoms. The van der Waals surface area contributed by atoms with E-state index in [0.717, 1.165) is 54.3 Å². The molecule has 1 saturated carbocycles. The quantitative estimate of drug-likeness (QED) is 0.803. The number of hydrogen-bond acceptors (Lipinski definition) is 4. The van der Waals surface area contributed by atoms with Crippen LogP contribution in [-0.2, 0) is 0 Å². The molecule has 2 fully saturated rings. The first-order chi connectivity index (χ1) is 13.6. The van der Waals surface area contributed by atoms with Gasteiger partial charge in [0.25, 0.3) is 11.8 Å². The van der Waals surface area contributed by atoms with Gasteiger partial charge >= 0.3 is 0 Å². The first-order valence-electron chi connectivity index (χ1n) is 9.98. The third-order valence-electron chi connectivity index (χ3n) is 5.27. The molecule has 1 N–H and O–H groups in total. The van der Waals surface area contributed by atoms with Crippen molar-refractivity contribution >= 4 is 23.2 Å². The molecule has 1 unspecified atom stereocenters. The molecule has 1 aliphatic carbocycles. The minimum absolute atomic E-state index is 0.0145. The van der Waals surface area contributed by atoms with Gasteiger partial charge < -0.3 is 15.0 Å². The van der Waals surface area contributed by atoms with Gasteiger partial charge in [0.05, 0.1) is 11.5 Å². The Kier molecular flexibility index (Phi) is 5.67. The van der Waals surface area contributed by atoms with E-state index in [1.54, 1.807) is 11.3 Å². The van der Waals surface area contributed by atoms with Gasteiger partial charge in [-0.2, -0.15) is 0 Å². The molecule has 2 aromatic rings. The van der Waals surface area contributed by atoms with E-state index < -0.39 is 0 Å². The van der Waals surface area contributed by atoms with Gasteiger partial charge in [-0.1, -0.05) is 0 Å². The molecule has 1 aromatic carbocycles. The Labute approximate surface area is 169 Å². The summed E-state index contributed by atoms with van der Waals surface area (Å²) < 4.78 is 5.94. The number of nitrogens with zero attached hydrogens (tertiary/aromatic N) is 1. The number of nitrogens with one attached hydrogen (secondary N) is 1. The van der Waals surface area contributed by atoms with Crippen molar-refractivity contribution in [3.63, 3.8) is 0 Å². The maximum absolute atomic E-state index is 12.7. The van der Waals surface area contributed by atoms with Crippen molar-refractivity contribution in [3.05, 3.63) is 51.7 Å². The van der Waals surface area contributed by atoms with Crippen molar-refractivity contribution in [2.45, 2.75) is 38.6 Å². The molecule has 4 rings (SSSR count). The average molecular weight is 399 g/mol. The van der Waals surface area contributed by atoms with E-state index >= 15 is 0 Å². The molecule has 2 heterocycles. The topological polar surface area (TPSA) is 58.6 Å². The number of carbonyl (C=O) groups excluding carboxylic acids is 2. The first kappa shape index (κ1) is 19.0. The van der Waals surface area contributed by atoms with Gasteiger partial charge in [-0.05, 0) is 69.0 Å². The minimum Gasteiger partial charge on any atom is -0.493 e. The van der Waals surface area contributed by atoms with Crippen LogP contribution in [0.15, 0.2) is 36.4 Å². The number of likely N-dealkylation sites (tertiary alicyclic amines) is 1. The Bertz CT molecular complexity index is 842. The van der Waals surface area contributed by atoms with Crippen molar-refractivity contribution in [1.82, 2.24) is 10.2 Å². The molecule has 1 aliphatic heterocycles. The Morgan fingerprint density at radius 3 is 2.61 bits per heavy atom. The highest BCUT2D eigenvalue weighted by Gasteiger charge is 2.26. The van der Waals surface area contributed by atoms with Crippen LogP contribution in [0.25, 0.3) is 0 Å². The lowest BCUT2D eigenvalue weighted by Crippen LogP contribution is -2.41. The summed E-state index contributed by atoms with van der Waals surface area (Å²) in [6.45, 7) is 4.16. The fourth-order valence-corrected chi connectivity index (χ4v) is 4.34. The van der Waals surface area contributed by atoms with Gasteiger partial charge in [-0.3, -0.25) is 9.59 Å². The van der Waals surface area contributed by atoms with Crippen LogP contribution in [0.3, 0.4) is 0 Å². The summed E-state index contributed by atoms with van der Waals surface area (Å²) in [6, 6.07) is 11.6. The van der Waals surface area contributed by atoms with Gasteiger partial charge in [0.2, 0.25) is 0 Å². The number of ether oxygens (including phenoxy) is 1. The summed E-state index contributed by atoms with van der Waals surface area (Å²) in [6.07, 6.45) is 4.24. The Hall–Kier alpha value is -2.34. The zero-order valence-corrected chi connectivity index (χ0v) is 17.0. The van der Waals surface area contributed by atoms with E-state index in [4.69, 9.17) is 4.74 Å². The molecule has 5 nitrogen and oxygen atoms in total. The molecule has 1 saturated heterocycles. The van der Waals surface area contributed by atoms with Gasteiger partial charge in [-0.15, -0.1) is 11.3 Å². The number of amides is 2. The number of carbonyl (C=O) groups is 2. The maximum Gasteiger partial charge on any atom is 0.263 e. The fourth-order valence-electron chi connectivity index (χ4n) is 3.50. The van der Waals surface area contributed by atoms with Crippen molar-refractivity contribution in [2.24, 2.45) is 5.92 Å². The Morgan fingerprint density at radius 1 is 1.14 bits per heavy atom. The number of piperidine rings is 1. The van der Waals surface area contributed by atoms with Crippen LogP contribution in [0.5, 0.6) is 5.75 Å². The summed E-state index contributed by atoms with van der Waals surface area (Å²) >= 11 is 1.56. The molecule has 6 heteroatoms. The summed E-state index contributed by atoms with van der Waals surface area (Å²) in [7, 11) is 0. The molecule has 2 amide bonds. The third-order valence-corrected chi connectivity index (χ3v) is 6.26. The van der Waals surface area contributed by atoms with Crippen LogP contribution in [-0.4, -0.2) is 42.5 Å². The molecular weight excluding hydrogens is 372 g/mol. The summed E-state index contributed by atoms with van der Waals surface area (Å²) in [5, 5.41) is 2.99. The van der Waals surface area contributed by atoms with Crippen molar-refractivity contribution in [1.29, 1.82) is 0 Å². The predicted octanol–water partition coefficient (Wildman–Crippen LogP) is 3.88. The SMILES string of the molecule is Cc1ccc(C(=O)N2CCCC(COc3ccc(C(=O)NC4CC4)cc3)C2)s1. The molecule has 28 heavy (non-hydrogen) atoms. The fraction of sp³-hybridized carbons (Fsp3) is 0.455. The lowest BCUT2D eigenvalue weighted by molar-refractivity contribution is 0.0638. The number of aryl methyl sites for hydroxylation is 1. The maximum atomic E-state index is 12.7. The van der Waals surface area contributed by atoms with Gasteiger partial charge in [0.1, 0.15) is 5.75 Å². The highest BCUT2D eigenvalue weighted by atomic mass is 32.1. The summed E-state index contributed by atoms with van der Waals surface area (Å²) in [5.41, 5.74) is 0.667. The van der Waals surface area contributed by atoms with E-state index in [2.05, 4.69) is 5.32 Å². The van der Waals surface area contributed by atoms with E-state index in [0.29, 0.717) is 24.1 Å². The van der Waals surface area contributed by atoms with Gasteiger partial charge in [-0.25, -0.2) is 0 Å². The minimum atomic E-state index is -0.0145. The third kappa shape index (κ3) is 4.73. The van der Waals surface area contributed by atoms with Crippen LogP contribution >= 0.6 is 11.3 Å². The van der Waals surface area contributed by atoms with Gasteiger partial charge in [0, 0.05) is 35.5 Å². The second-order valence-electron chi connectivity index (χ2n) is 7.75.